The average molecular weight is 587 g/mol. The highest BCUT2D eigenvalue weighted by Gasteiger charge is 2.16. The van der Waals surface area contributed by atoms with E-state index >= 15 is 0 Å². The fourth-order valence-corrected chi connectivity index (χ4v) is 8.67. The molecule has 0 aliphatic heterocycles. The standard InChI is InChI=1S/C44H26S/c1-4-16-35-31(12-1)32-13-2-5-17-36(32)44-38-22-20-29(25-39(38)33-14-3-6-18-37(33)43(35)44)27-10-9-11-28(24-27)30-21-23-42-40(26-30)34-15-7-8-19-41(34)45-42/h1-26H. The van der Waals surface area contributed by atoms with E-state index in [0.29, 0.717) is 0 Å². The number of rotatable bonds is 2. The first-order valence-corrected chi connectivity index (χ1v) is 16.3. The third-order valence-corrected chi connectivity index (χ3v) is 10.8. The first kappa shape index (κ1) is 24.9. The zero-order valence-electron chi connectivity index (χ0n) is 24.4. The molecule has 1 heterocycles. The van der Waals surface area contributed by atoms with E-state index in [-0.39, 0.29) is 0 Å². The molecule has 0 atom stereocenters. The molecule has 10 rings (SSSR count). The Balaban J connectivity index is 1.22. The van der Waals surface area contributed by atoms with Crippen LogP contribution in [0, 0.1) is 0 Å². The average Bonchev–Trinajstić information content (AvgIpc) is 3.49. The second-order valence-electron chi connectivity index (χ2n) is 12.0. The van der Waals surface area contributed by atoms with Crippen LogP contribution in [0.2, 0.25) is 0 Å². The molecular formula is C44H26S. The molecule has 1 aromatic heterocycles. The third-order valence-electron chi connectivity index (χ3n) is 9.61. The van der Waals surface area contributed by atoms with Gasteiger partial charge in [0.15, 0.2) is 0 Å². The summed E-state index contributed by atoms with van der Waals surface area (Å²) in [5, 5.41) is 15.8. The molecule has 0 saturated carbocycles. The molecule has 0 fully saturated rings. The van der Waals surface area contributed by atoms with Crippen molar-refractivity contribution < 1.29 is 0 Å². The van der Waals surface area contributed by atoms with Gasteiger partial charge in [-0.2, -0.15) is 0 Å². The Bertz CT molecular complexity index is 2820. The summed E-state index contributed by atoms with van der Waals surface area (Å²) in [5.41, 5.74) is 4.97. The lowest BCUT2D eigenvalue weighted by molar-refractivity contribution is 1.62. The van der Waals surface area contributed by atoms with Crippen molar-refractivity contribution in [1.82, 2.24) is 0 Å². The van der Waals surface area contributed by atoms with Gasteiger partial charge in [0.25, 0.3) is 0 Å². The molecule has 0 aliphatic carbocycles. The molecule has 0 saturated heterocycles. The fraction of sp³-hybridized carbons (Fsp3) is 0. The van der Waals surface area contributed by atoms with Gasteiger partial charge in [0.1, 0.15) is 0 Å². The summed E-state index contributed by atoms with van der Waals surface area (Å²) >= 11 is 1.87. The van der Waals surface area contributed by atoms with Gasteiger partial charge < -0.3 is 0 Å². The van der Waals surface area contributed by atoms with E-state index in [9.17, 15) is 0 Å². The van der Waals surface area contributed by atoms with Gasteiger partial charge in [-0.3, -0.25) is 0 Å². The molecule has 1 heteroatoms. The largest absolute Gasteiger partial charge is 0.135 e. The van der Waals surface area contributed by atoms with Crippen molar-refractivity contribution in [2.75, 3.05) is 0 Å². The maximum Gasteiger partial charge on any atom is 0.0355 e. The van der Waals surface area contributed by atoms with Crippen LogP contribution in [0.4, 0.5) is 0 Å². The predicted molar refractivity (Wildman–Crippen MR) is 198 cm³/mol. The van der Waals surface area contributed by atoms with E-state index in [1.54, 1.807) is 0 Å². The Labute approximate surface area is 264 Å². The highest BCUT2D eigenvalue weighted by Crippen LogP contribution is 2.45. The van der Waals surface area contributed by atoms with Gasteiger partial charge in [-0.25, -0.2) is 0 Å². The van der Waals surface area contributed by atoms with Gasteiger partial charge >= 0.3 is 0 Å². The Hall–Kier alpha value is -5.50. The molecule has 208 valence electrons. The molecule has 0 unspecified atom stereocenters. The smallest absolute Gasteiger partial charge is 0.0355 e. The van der Waals surface area contributed by atoms with Crippen molar-refractivity contribution in [3.63, 3.8) is 0 Å². The number of hydrogen-bond donors (Lipinski definition) is 0. The molecule has 0 aliphatic rings. The van der Waals surface area contributed by atoms with Crippen molar-refractivity contribution >= 4 is 85.4 Å². The summed E-state index contributed by atoms with van der Waals surface area (Å²) in [6, 6.07) is 58.5. The summed E-state index contributed by atoms with van der Waals surface area (Å²) in [6.07, 6.45) is 0. The predicted octanol–water partition coefficient (Wildman–Crippen LogP) is 13.2. The van der Waals surface area contributed by atoms with Crippen LogP contribution in [0.25, 0.3) is 96.3 Å². The first-order valence-electron chi connectivity index (χ1n) is 15.5. The number of fused-ring (bicyclic) bond motifs is 14. The summed E-state index contributed by atoms with van der Waals surface area (Å²) < 4.78 is 2.68. The number of hydrogen-bond acceptors (Lipinski definition) is 1. The topological polar surface area (TPSA) is 0 Å². The molecule has 0 amide bonds. The normalized spacial score (nSPS) is 12.0. The SMILES string of the molecule is c1cc(-c2ccc3sc4ccccc4c3c2)cc(-c2ccc3c(c2)c2ccccc2c2c4ccccc4c4ccccc4c32)c1. The number of thiophene rings is 1. The maximum atomic E-state index is 2.41. The van der Waals surface area contributed by atoms with E-state index in [2.05, 4.69) is 158 Å². The zero-order valence-corrected chi connectivity index (χ0v) is 25.2. The highest BCUT2D eigenvalue weighted by atomic mass is 32.1. The molecule has 10 aromatic rings. The lowest BCUT2D eigenvalue weighted by atomic mass is 9.86. The van der Waals surface area contributed by atoms with E-state index in [0.717, 1.165) is 0 Å². The Morgan fingerprint density at radius 2 is 0.667 bits per heavy atom. The second-order valence-corrected chi connectivity index (χ2v) is 13.1. The minimum absolute atomic E-state index is 1.23. The van der Waals surface area contributed by atoms with Crippen LogP contribution >= 0.6 is 11.3 Å². The van der Waals surface area contributed by atoms with E-state index in [4.69, 9.17) is 0 Å². The van der Waals surface area contributed by atoms with Gasteiger partial charge in [-0.05, 0) is 106 Å². The molecule has 0 bridgehead atoms. The van der Waals surface area contributed by atoms with Gasteiger partial charge in [-0.1, -0.05) is 127 Å². The summed E-state index contributed by atoms with van der Waals surface area (Å²) in [4.78, 5) is 0. The van der Waals surface area contributed by atoms with Gasteiger partial charge in [0.2, 0.25) is 0 Å². The molecule has 0 nitrogen and oxygen atoms in total. The van der Waals surface area contributed by atoms with Crippen LogP contribution in [-0.4, -0.2) is 0 Å². The lowest BCUT2D eigenvalue weighted by Gasteiger charge is -2.17. The molecular weight excluding hydrogens is 561 g/mol. The monoisotopic (exact) mass is 586 g/mol. The molecule has 9 aromatic carbocycles. The van der Waals surface area contributed by atoms with Crippen LogP contribution in [0.1, 0.15) is 0 Å². The Kier molecular flexibility index (Phi) is 5.25. The van der Waals surface area contributed by atoms with E-state index in [1.165, 1.54) is 96.3 Å². The van der Waals surface area contributed by atoms with Crippen LogP contribution in [0.5, 0.6) is 0 Å². The van der Waals surface area contributed by atoms with Crippen molar-refractivity contribution in [2.24, 2.45) is 0 Å². The molecule has 0 spiro atoms. The second kappa shape index (κ2) is 9.50. The first-order chi connectivity index (χ1) is 22.3. The maximum absolute atomic E-state index is 2.41. The Morgan fingerprint density at radius 1 is 0.244 bits per heavy atom. The Morgan fingerprint density at radius 3 is 1.29 bits per heavy atom. The third kappa shape index (κ3) is 3.65. The minimum atomic E-state index is 1.23. The van der Waals surface area contributed by atoms with Gasteiger partial charge in [0.05, 0.1) is 0 Å². The van der Waals surface area contributed by atoms with E-state index < -0.39 is 0 Å². The van der Waals surface area contributed by atoms with Crippen LogP contribution in [0.3, 0.4) is 0 Å². The minimum Gasteiger partial charge on any atom is -0.135 e. The summed E-state index contributed by atoms with van der Waals surface area (Å²) in [6.45, 7) is 0. The van der Waals surface area contributed by atoms with Crippen molar-refractivity contribution in [3.05, 3.63) is 158 Å². The highest BCUT2D eigenvalue weighted by molar-refractivity contribution is 7.25. The summed E-state index contributed by atoms with van der Waals surface area (Å²) in [7, 11) is 0. The van der Waals surface area contributed by atoms with Gasteiger partial charge in [-0.15, -0.1) is 11.3 Å². The van der Waals surface area contributed by atoms with Crippen LogP contribution in [0.15, 0.2) is 158 Å². The van der Waals surface area contributed by atoms with Gasteiger partial charge in [0, 0.05) is 20.2 Å². The van der Waals surface area contributed by atoms with Crippen molar-refractivity contribution in [3.8, 4) is 22.3 Å². The van der Waals surface area contributed by atoms with Crippen LogP contribution in [-0.2, 0) is 0 Å². The van der Waals surface area contributed by atoms with Crippen molar-refractivity contribution in [2.45, 2.75) is 0 Å². The lowest BCUT2D eigenvalue weighted by Crippen LogP contribution is -1.89. The van der Waals surface area contributed by atoms with E-state index in [1.807, 2.05) is 11.3 Å². The van der Waals surface area contributed by atoms with Crippen molar-refractivity contribution in [1.29, 1.82) is 0 Å². The zero-order chi connectivity index (χ0) is 29.5. The van der Waals surface area contributed by atoms with Crippen LogP contribution < -0.4 is 0 Å². The quantitative estimate of drug-likeness (QED) is 0.177. The molecule has 0 radical (unpaired) electrons. The molecule has 45 heavy (non-hydrogen) atoms. The summed E-state index contributed by atoms with van der Waals surface area (Å²) in [5.74, 6) is 0. The number of benzene rings is 9. The fourth-order valence-electron chi connectivity index (χ4n) is 7.59. The molecule has 0 N–H and O–H groups in total.